The highest BCUT2D eigenvalue weighted by Gasteiger charge is 2.19. The smallest absolute Gasteiger partial charge is 0.0245 e. The third-order valence-corrected chi connectivity index (χ3v) is 6.69. The van der Waals surface area contributed by atoms with Gasteiger partial charge >= 0.3 is 0 Å². The molecular weight excluding hydrogens is 360 g/mol. The van der Waals surface area contributed by atoms with E-state index in [9.17, 15) is 0 Å². The fourth-order valence-electron chi connectivity index (χ4n) is 4.72. The van der Waals surface area contributed by atoms with Crippen LogP contribution in [0.5, 0.6) is 0 Å². The number of rotatable bonds is 9. The molecule has 0 spiro atoms. The normalized spacial score (nSPS) is 18.6. The first kappa shape index (κ1) is 22.7. The van der Waals surface area contributed by atoms with Crippen LogP contribution >= 0.6 is 0 Å². The van der Waals surface area contributed by atoms with Gasteiger partial charge in [0.25, 0.3) is 0 Å². The topological polar surface area (TPSA) is 0 Å². The van der Waals surface area contributed by atoms with Gasteiger partial charge in [-0.2, -0.15) is 0 Å². The van der Waals surface area contributed by atoms with Gasteiger partial charge in [-0.1, -0.05) is 107 Å². The summed E-state index contributed by atoms with van der Waals surface area (Å²) in [6.07, 6.45) is 16.3. The van der Waals surface area contributed by atoms with Gasteiger partial charge in [0.15, 0.2) is 0 Å². The second-order valence-corrected chi connectivity index (χ2v) is 9.21. The maximum absolute atomic E-state index is 3.57. The Bertz CT molecular complexity index is 777. The average molecular weight is 401 g/mol. The van der Waals surface area contributed by atoms with E-state index in [0.717, 1.165) is 17.9 Å². The standard InChI is InChI=1S/C30H40/c1-3-5-6-7-8-10-26-11-13-27(14-12-26)15-16-28-19-23-30(24-20-28)29-21-17-25(9-4-2)18-22-29/h17-24,26-27H,3-14H2,1-2H3/t26-,27-. The Morgan fingerprint density at radius 3 is 1.97 bits per heavy atom. The molecule has 0 bridgehead atoms. The highest BCUT2D eigenvalue weighted by atomic mass is 14.2. The quantitative estimate of drug-likeness (QED) is 0.291. The third kappa shape index (κ3) is 7.36. The molecule has 0 heteroatoms. The van der Waals surface area contributed by atoms with Crippen molar-refractivity contribution >= 4 is 0 Å². The van der Waals surface area contributed by atoms with Crippen LogP contribution in [0, 0.1) is 23.7 Å². The summed E-state index contributed by atoms with van der Waals surface area (Å²) in [6, 6.07) is 17.8. The predicted octanol–water partition coefficient (Wildman–Crippen LogP) is 8.82. The van der Waals surface area contributed by atoms with Crippen LogP contribution in [0.15, 0.2) is 48.5 Å². The van der Waals surface area contributed by atoms with Crippen LogP contribution in [0.2, 0.25) is 0 Å². The van der Waals surface area contributed by atoms with E-state index in [4.69, 9.17) is 0 Å². The Morgan fingerprint density at radius 1 is 0.700 bits per heavy atom. The molecule has 1 saturated carbocycles. The lowest BCUT2D eigenvalue weighted by Crippen LogP contribution is -2.13. The molecule has 30 heavy (non-hydrogen) atoms. The van der Waals surface area contributed by atoms with Gasteiger partial charge in [-0.3, -0.25) is 0 Å². The first-order chi connectivity index (χ1) is 14.8. The molecular formula is C30H40. The molecule has 1 fully saturated rings. The Balaban J connectivity index is 1.44. The van der Waals surface area contributed by atoms with Gasteiger partial charge in [-0.15, -0.1) is 0 Å². The molecule has 0 amide bonds. The van der Waals surface area contributed by atoms with Gasteiger partial charge in [0.05, 0.1) is 0 Å². The van der Waals surface area contributed by atoms with Gasteiger partial charge in [-0.05, 0) is 66.8 Å². The summed E-state index contributed by atoms with van der Waals surface area (Å²) in [5, 5.41) is 0. The molecule has 3 rings (SSSR count). The van der Waals surface area contributed by atoms with Crippen LogP contribution in [0.1, 0.15) is 95.6 Å². The highest BCUT2D eigenvalue weighted by molar-refractivity contribution is 5.64. The average Bonchev–Trinajstić information content (AvgIpc) is 2.79. The molecule has 0 radical (unpaired) electrons. The molecule has 1 aliphatic carbocycles. The van der Waals surface area contributed by atoms with E-state index in [2.05, 4.69) is 74.2 Å². The Labute approximate surface area is 185 Å². The van der Waals surface area contributed by atoms with Crippen LogP contribution < -0.4 is 0 Å². The molecule has 0 N–H and O–H groups in total. The summed E-state index contributed by atoms with van der Waals surface area (Å²) in [5.41, 5.74) is 5.15. The largest absolute Gasteiger partial charge is 0.0945 e. The first-order valence-corrected chi connectivity index (χ1v) is 12.5. The minimum absolute atomic E-state index is 0.604. The zero-order valence-electron chi connectivity index (χ0n) is 19.3. The van der Waals surface area contributed by atoms with Crippen LogP contribution in [0.4, 0.5) is 0 Å². The molecule has 0 aliphatic heterocycles. The van der Waals surface area contributed by atoms with Crippen molar-refractivity contribution in [1.82, 2.24) is 0 Å². The molecule has 160 valence electrons. The Kier molecular flexibility index (Phi) is 9.56. The van der Waals surface area contributed by atoms with Gasteiger partial charge in [-0.25, -0.2) is 0 Å². The van der Waals surface area contributed by atoms with Crippen molar-refractivity contribution in [2.24, 2.45) is 11.8 Å². The minimum atomic E-state index is 0.604. The Hall–Kier alpha value is -2.00. The number of unbranched alkanes of at least 4 members (excludes halogenated alkanes) is 4. The SMILES string of the molecule is CCCCCCC[C@H]1CC[C@H](C#Cc2ccc(-c3ccc(CCC)cc3)cc2)CC1. The van der Waals surface area contributed by atoms with Crippen molar-refractivity contribution in [2.75, 3.05) is 0 Å². The van der Waals surface area contributed by atoms with Crippen LogP contribution in [-0.4, -0.2) is 0 Å². The molecule has 0 unspecified atom stereocenters. The van der Waals surface area contributed by atoms with Crippen molar-refractivity contribution in [2.45, 2.75) is 90.9 Å². The predicted molar refractivity (Wildman–Crippen MR) is 132 cm³/mol. The maximum Gasteiger partial charge on any atom is 0.0245 e. The van der Waals surface area contributed by atoms with Gasteiger partial charge < -0.3 is 0 Å². The molecule has 1 aliphatic rings. The second kappa shape index (κ2) is 12.6. The maximum atomic E-state index is 3.57. The number of hydrogen-bond acceptors (Lipinski definition) is 0. The second-order valence-electron chi connectivity index (χ2n) is 9.21. The van der Waals surface area contributed by atoms with E-state index in [1.54, 1.807) is 0 Å². The van der Waals surface area contributed by atoms with Gasteiger partial charge in [0, 0.05) is 11.5 Å². The lowest BCUT2D eigenvalue weighted by atomic mass is 9.80. The zero-order chi connectivity index (χ0) is 21.0. The molecule has 0 heterocycles. The number of benzene rings is 2. The fraction of sp³-hybridized carbons (Fsp3) is 0.533. The molecule has 0 saturated heterocycles. The zero-order valence-corrected chi connectivity index (χ0v) is 19.3. The molecule has 0 nitrogen and oxygen atoms in total. The summed E-state index contributed by atoms with van der Waals surface area (Å²) in [4.78, 5) is 0. The summed E-state index contributed by atoms with van der Waals surface area (Å²) >= 11 is 0. The lowest BCUT2D eigenvalue weighted by Gasteiger charge is -2.25. The van der Waals surface area contributed by atoms with E-state index in [1.165, 1.54) is 87.3 Å². The van der Waals surface area contributed by atoms with Crippen molar-refractivity contribution in [3.63, 3.8) is 0 Å². The van der Waals surface area contributed by atoms with E-state index in [1.807, 2.05) is 0 Å². The minimum Gasteiger partial charge on any atom is -0.0945 e. The van der Waals surface area contributed by atoms with E-state index < -0.39 is 0 Å². The van der Waals surface area contributed by atoms with Crippen LogP contribution in [-0.2, 0) is 6.42 Å². The van der Waals surface area contributed by atoms with Gasteiger partial charge in [0.2, 0.25) is 0 Å². The summed E-state index contributed by atoms with van der Waals surface area (Å²) in [6.45, 7) is 4.53. The van der Waals surface area contributed by atoms with Crippen molar-refractivity contribution in [1.29, 1.82) is 0 Å². The summed E-state index contributed by atoms with van der Waals surface area (Å²) in [7, 11) is 0. The van der Waals surface area contributed by atoms with Crippen LogP contribution in [0.3, 0.4) is 0 Å². The molecule has 2 aromatic carbocycles. The van der Waals surface area contributed by atoms with E-state index in [-0.39, 0.29) is 0 Å². The molecule has 0 atom stereocenters. The van der Waals surface area contributed by atoms with Crippen molar-refractivity contribution in [3.8, 4) is 23.0 Å². The van der Waals surface area contributed by atoms with Gasteiger partial charge in [0.1, 0.15) is 0 Å². The highest BCUT2D eigenvalue weighted by Crippen LogP contribution is 2.32. The fourth-order valence-corrected chi connectivity index (χ4v) is 4.72. The number of aryl methyl sites for hydroxylation is 1. The lowest BCUT2D eigenvalue weighted by molar-refractivity contribution is 0.294. The Morgan fingerprint density at radius 2 is 1.33 bits per heavy atom. The van der Waals surface area contributed by atoms with E-state index >= 15 is 0 Å². The molecule has 2 aromatic rings. The third-order valence-electron chi connectivity index (χ3n) is 6.69. The monoisotopic (exact) mass is 400 g/mol. The van der Waals surface area contributed by atoms with Crippen molar-refractivity contribution < 1.29 is 0 Å². The summed E-state index contributed by atoms with van der Waals surface area (Å²) in [5.74, 6) is 8.59. The first-order valence-electron chi connectivity index (χ1n) is 12.5. The van der Waals surface area contributed by atoms with Crippen molar-refractivity contribution in [3.05, 3.63) is 59.7 Å². The van der Waals surface area contributed by atoms with Crippen LogP contribution in [0.25, 0.3) is 11.1 Å². The van der Waals surface area contributed by atoms with E-state index in [0.29, 0.717) is 5.92 Å². The summed E-state index contributed by atoms with van der Waals surface area (Å²) < 4.78 is 0. The number of hydrogen-bond donors (Lipinski definition) is 0. The molecule has 0 aromatic heterocycles.